The number of amides is 2. The van der Waals surface area contributed by atoms with Crippen LogP contribution < -0.4 is 20.7 Å². The van der Waals surface area contributed by atoms with Gasteiger partial charge in [0.25, 0.3) is 0 Å². The van der Waals surface area contributed by atoms with Gasteiger partial charge in [-0.25, -0.2) is 13.1 Å². The summed E-state index contributed by atoms with van der Waals surface area (Å²) in [7, 11) is -3.34. The van der Waals surface area contributed by atoms with E-state index in [9.17, 15) is 18.0 Å². The van der Waals surface area contributed by atoms with Crippen molar-refractivity contribution in [1.29, 1.82) is 0 Å². The van der Waals surface area contributed by atoms with Crippen LogP contribution in [-0.2, 0) is 19.6 Å². The second kappa shape index (κ2) is 5.85. The van der Waals surface area contributed by atoms with Crippen molar-refractivity contribution in [3.8, 4) is 0 Å². The first-order chi connectivity index (χ1) is 8.59. The Labute approximate surface area is 112 Å². The fourth-order valence-corrected chi connectivity index (χ4v) is 2.80. The summed E-state index contributed by atoms with van der Waals surface area (Å²) in [6, 6.07) is -0.494. The van der Waals surface area contributed by atoms with Gasteiger partial charge >= 0.3 is 0 Å². The summed E-state index contributed by atoms with van der Waals surface area (Å²) in [6.45, 7) is 3.83. The quantitative estimate of drug-likeness (QED) is 0.448. The van der Waals surface area contributed by atoms with E-state index in [4.69, 9.17) is 0 Å². The summed E-state index contributed by atoms with van der Waals surface area (Å²) in [5, 5.41) is 8.02. The molecule has 9 heteroatoms. The Morgan fingerprint density at radius 1 is 1.47 bits per heavy atom. The first-order valence-electron chi connectivity index (χ1n) is 5.86. The van der Waals surface area contributed by atoms with E-state index in [2.05, 4.69) is 20.7 Å². The summed E-state index contributed by atoms with van der Waals surface area (Å²) in [4.78, 5) is 22.7. The van der Waals surface area contributed by atoms with Crippen LogP contribution in [0.3, 0.4) is 0 Å². The van der Waals surface area contributed by atoms with Crippen molar-refractivity contribution in [2.75, 3.05) is 25.9 Å². The molecule has 0 aliphatic carbocycles. The van der Waals surface area contributed by atoms with E-state index in [1.807, 2.05) is 0 Å². The first kappa shape index (κ1) is 15.9. The van der Waals surface area contributed by atoms with Crippen molar-refractivity contribution in [3.63, 3.8) is 0 Å². The van der Waals surface area contributed by atoms with Gasteiger partial charge in [0.2, 0.25) is 21.8 Å². The molecule has 2 amide bonds. The molecule has 0 aromatic heterocycles. The Morgan fingerprint density at radius 2 is 2.11 bits per heavy atom. The van der Waals surface area contributed by atoms with Gasteiger partial charge in [0, 0.05) is 18.6 Å². The van der Waals surface area contributed by atoms with E-state index < -0.39 is 21.6 Å². The Bertz CT molecular complexity index is 450. The van der Waals surface area contributed by atoms with Gasteiger partial charge in [-0.05, 0) is 13.8 Å². The van der Waals surface area contributed by atoms with Gasteiger partial charge < -0.3 is 10.6 Å². The summed E-state index contributed by atoms with van der Waals surface area (Å²) < 4.78 is 24.7. The number of sulfonamides is 1. The van der Waals surface area contributed by atoms with E-state index in [1.165, 1.54) is 0 Å². The molecule has 1 aliphatic heterocycles. The van der Waals surface area contributed by atoms with E-state index >= 15 is 0 Å². The fourth-order valence-electron chi connectivity index (χ4n) is 1.72. The third-order valence-corrected chi connectivity index (χ3v) is 3.42. The lowest BCUT2D eigenvalue weighted by molar-refractivity contribution is -0.126. The summed E-state index contributed by atoms with van der Waals surface area (Å²) in [5.41, 5.74) is -0.777. The molecule has 0 saturated carbocycles. The molecule has 0 aromatic carbocycles. The van der Waals surface area contributed by atoms with Crippen LogP contribution in [0.15, 0.2) is 0 Å². The Morgan fingerprint density at radius 3 is 2.58 bits per heavy atom. The molecule has 1 rings (SSSR count). The highest BCUT2D eigenvalue weighted by atomic mass is 32.2. The van der Waals surface area contributed by atoms with Gasteiger partial charge in [-0.1, -0.05) is 0 Å². The SMILES string of the molecule is CC(C)(CNC(=O)C1CNC(=O)CN1)NS(C)(=O)=O. The van der Waals surface area contributed by atoms with Gasteiger partial charge in [-0.3, -0.25) is 14.9 Å². The third kappa shape index (κ3) is 5.99. The average molecular weight is 292 g/mol. The van der Waals surface area contributed by atoms with E-state index in [1.54, 1.807) is 13.8 Å². The van der Waals surface area contributed by atoms with Crippen LogP contribution in [-0.4, -0.2) is 57.7 Å². The average Bonchev–Trinajstić information content (AvgIpc) is 2.24. The zero-order chi connectivity index (χ0) is 14.7. The molecule has 0 spiro atoms. The second-order valence-electron chi connectivity index (χ2n) is 5.21. The standard InChI is InChI=1S/C10H20N4O4S/c1-10(2,14-19(3,17)18)6-13-9(16)7-4-12-8(15)5-11-7/h7,11,14H,4-6H2,1-3H3,(H,12,15)(H,13,16). The predicted octanol–water partition coefficient (Wildman–Crippen LogP) is -2.48. The third-order valence-electron chi connectivity index (χ3n) is 2.50. The van der Waals surface area contributed by atoms with Crippen LogP contribution in [0.2, 0.25) is 0 Å². The molecule has 4 N–H and O–H groups in total. The highest BCUT2D eigenvalue weighted by Gasteiger charge is 2.27. The number of carbonyl (C=O) groups is 2. The topological polar surface area (TPSA) is 116 Å². The molecule has 1 heterocycles. The van der Waals surface area contributed by atoms with Gasteiger partial charge in [0.1, 0.15) is 6.04 Å². The van der Waals surface area contributed by atoms with Gasteiger partial charge in [-0.2, -0.15) is 0 Å². The minimum atomic E-state index is -3.34. The monoisotopic (exact) mass is 292 g/mol. The van der Waals surface area contributed by atoms with Gasteiger partial charge in [-0.15, -0.1) is 0 Å². The van der Waals surface area contributed by atoms with Crippen molar-refractivity contribution >= 4 is 21.8 Å². The van der Waals surface area contributed by atoms with Crippen LogP contribution in [0.5, 0.6) is 0 Å². The highest BCUT2D eigenvalue weighted by Crippen LogP contribution is 2.02. The molecule has 19 heavy (non-hydrogen) atoms. The number of rotatable bonds is 5. The van der Waals surface area contributed by atoms with Crippen LogP contribution in [0.1, 0.15) is 13.8 Å². The largest absolute Gasteiger partial charge is 0.353 e. The van der Waals surface area contributed by atoms with Crippen molar-refractivity contribution < 1.29 is 18.0 Å². The molecule has 1 atom stereocenters. The van der Waals surface area contributed by atoms with Crippen molar-refractivity contribution in [3.05, 3.63) is 0 Å². The predicted molar refractivity (Wildman–Crippen MR) is 69.9 cm³/mol. The first-order valence-corrected chi connectivity index (χ1v) is 7.75. The maximum atomic E-state index is 11.8. The molecule has 1 unspecified atom stereocenters. The molecular weight excluding hydrogens is 272 g/mol. The maximum absolute atomic E-state index is 11.8. The highest BCUT2D eigenvalue weighted by molar-refractivity contribution is 7.88. The molecule has 1 fully saturated rings. The lowest BCUT2D eigenvalue weighted by atomic mass is 10.1. The number of nitrogens with one attached hydrogen (secondary N) is 4. The van der Waals surface area contributed by atoms with Crippen molar-refractivity contribution in [2.45, 2.75) is 25.4 Å². The minimum Gasteiger partial charge on any atom is -0.353 e. The number of piperazine rings is 1. The Hall–Kier alpha value is -1.19. The molecule has 1 saturated heterocycles. The fraction of sp³-hybridized carbons (Fsp3) is 0.800. The van der Waals surface area contributed by atoms with Gasteiger partial charge in [0.15, 0.2) is 0 Å². The maximum Gasteiger partial charge on any atom is 0.239 e. The summed E-state index contributed by atoms with van der Waals surface area (Å²) >= 11 is 0. The molecular formula is C10H20N4O4S. The van der Waals surface area contributed by atoms with E-state index in [0.717, 1.165) is 6.26 Å². The van der Waals surface area contributed by atoms with Crippen LogP contribution in [0, 0.1) is 0 Å². The number of carbonyl (C=O) groups excluding carboxylic acids is 2. The van der Waals surface area contributed by atoms with Crippen molar-refractivity contribution in [1.82, 2.24) is 20.7 Å². The Balaban J connectivity index is 2.43. The molecule has 1 aliphatic rings. The van der Waals surface area contributed by atoms with E-state index in [0.29, 0.717) is 0 Å². The second-order valence-corrected chi connectivity index (χ2v) is 6.96. The molecule has 110 valence electrons. The van der Waals surface area contributed by atoms with Crippen LogP contribution >= 0.6 is 0 Å². The minimum absolute atomic E-state index is 0.100. The normalized spacial score (nSPS) is 20.8. The van der Waals surface area contributed by atoms with Gasteiger partial charge in [0.05, 0.1) is 12.8 Å². The lowest BCUT2D eigenvalue weighted by Gasteiger charge is -2.28. The van der Waals surface area contributed by atoms with Crippen LogP contribution in [0.25, 0.3) is 0 Å². The summed E-state index contributed by atoms with van der Waals surface area (Å²) in [5.74, 6) is -0.425. The lowest BCUT2D eigenvalue weighted by Crippen LogP contribution is -2.60. The van der Waals surface area contributed by atoms with Crippen LogP contribution in [0.4, 0.5) is 0 Å². The molecule has 8 nitrogen and oxygen atoms in total. The molecule has 0 aromatic rings. The number of hydrogen-bond donors (Lipinski definition) is 4. The zero-order valence-electron chi connectivity index (χ0n) is 11.2. The molecule has 0 radical (unpaired) electrons. The van der Waals surface area contributed by atoms with E-state index in [-0.39, 0.29) is 31.4 Å². The number of hydrogen-bond acceptors (Lipinski definition) is 5. The zero-order valence-corrected chi connectivity index (χ0v) is 12.1. The summed E-state index contributed by atoms with van der Waals surface area (Å²) in [6.07, 6.45) is 1.06. The Kier molecular flexibility index (Phi) is 4.88. The van der Waals surface area contributed by atoms with Crippen molar-refractivity contribution in [2.24, 2.45) is 0 Å². The smallest absolute Gasteiger partial charge is 0.239 e. The molecule has 0 bridgehead atoms.